The summed E-state index contributed by atoms with van der Waals surface area (Å²) in [6, 6.07) is 2.10. The number of likely N-dealkylation sites (N-methyl/N-ethyl adjacent to an activating group) is 1. The summed E-state index contributed by atoms with van der Waals surface area (Å²) in [5.41, 5.74) is 9.00. The second-order valence-electron chi connectivity index (χ2n) is 4.53. The molecule has 3 heterocycles. The molecule has 17 heavy (non-hydrogen) atoms. The van der Waals surface area contributed by atoms with Crippen LogP contribution in [0.2, 0.25) is 0 Å². The van der Waals surface area contributed by atoms with Gasteiger partial charge in [-0.2, -0.15) is 0 Å². The highest BCUT2D eigenvalue weighted by molar-refractivity contribution is 5.85. The number of pyridine rings is 1. The Morgan fingerprint density at radius 2 is 2.06 bits per heavy atom. The quantitative estimate of drug-likeness (QED) is 0.718. The van der Waals surface area contributed by atoms with Gasteiger partial charge in [-0.15, -0.1) is 0 Å². The molecule has 0 bridgehead atoms. The number of aromatic nitrogens is 3. The van der Waals surface area contributed by atoms with Gasteiger partial charge in [0.15, 0.2) is 5.65 Å². The fraction of sp³-hybridized carbons (Fsp3) is 0.417. The first-order valence-electron chi connectivity index (χ1n) is 5.81. The highest BCUT2D eigenvalue weighted by Gasteiger charge is 2.14. The third-order valence-electron chi connectivity index (χ3n) is 3.32. The molecule has 0 amide bonds. The average Bonchev–Trinajstić information content (AvgIpc) is 2.51. The van der Waals surface area contributed by atoms with E-state index in [-0.39, 0.29) is 0 Å². The third kappa shape index (κ3) is 1.82. The summed E-state index contributed by atoms with van der Waals surface area (Å²) in [6.07, 6.45) is 3.47. The van der Waals surface area contributed by atoms with Gasteiger partial charge in [-0.1, -0.05) is 0 Å². The van der Waals surface area contributed by atoms with E-state index in [0.29, 0.717) is 11.5 Å². The van der Waals surface area contributed by atoms with Crippen LogP contribution in [0.1, 0.15) is 11.3 Å². The standard InChI is InChI=1S/C12H15N5/c1-17-4-2-8-6-9-11(13)14-7-15-12(9)16-10(8)3-5-17/h6-7H,2-5H2,1H3,(H2,13,14,15,16). The lowest BCUT2D eigenvalue weighted by Gasteiger charge is -2.10. The lowest BCUT2D eigenvalue weighted by molar-refractivity contribution is 0.352. The maximum Gasteiger partial charge on any atom is 0.164 e. The van der Waals surface area contributed by atoms with Crippen molar-refractivity contribution in [1.82, 2.24) is 19.9 Å². The Hall–Kier alpha value is -1.75. The lowest BCUT2D eigenvalue weighted by atomic mass is 10.1. The maximum atomic E-state index is 5.85. The summed E-state index contributed by atoms with van der Waals surface area (Å²) in [5.74, 6) is 0.517. The minimum Gasteiger partial charge on any atom is -0.383 e. The van der Waals surface area contributed by atoms with E-state index in [1.165, 1.54) is 11.9 Å². The molecule has 0 saturated carbocycles. The van der Waals surface area contributed by atoms with E-state index >= 15 is 0 Å². The molecule has 0 saturated heterocycles. The van der Waals surface area contributed by atoms with E-state index in [4.69, 9.17) is 5.73 Å². The fourth-order valence-electron chi connectivity index (χ4n) is 2.24. The van der Waals surface area contributed by atoms with Crippen molar-refractivity contribution in [2.75, 3.05) is 25.9 Å². The van der Waals surface area contributed by atoms with E-state index < -0.39 is 0 Å². The van der Waals surface area contributed by atoms with Crippen LogP contribution in [-0.4, -0.2) is 40.0 Å². The molecular formula is C12H15N5. The van der Waals surface area contributed by atoms with Crippen LogP contribution < -0.4 is 5.73 Å². The van der Waals surface area contributed by atoms with E-state index in [1.54, 1.807) is 0 Å². The van der Waals surface area contributed by atoms with Crippen LogP contribution >= 0.6 is 0 Å². The van der Waals surface area contributed by atoms with E-state index in [9.17, 15) is 0 Å². The van der Waals surface area contributed by atoms with Crippen molar-refractivity contribution >= 4 is 16.9 Å². The Labute approximate surface area is 99.7 Å². The van der Waals surface area contributed by atoms with Gasteiger partial charge in [0, 0.05) is 25.2 Å². The molecule has 0 atom stereocenters. The van der Waals surface area contributed by atoms with Crippen molar-refractivity contribution in [3.8, 4) is 0 Å². The van der Waals surface area contributed by atoms with Gasteiger partial charge in [-0.05, 0) is 25.1 Å². The van der Waals surface area contributed by atoms with Gasteiger partial charge in [0.1, 0.15) is 12.1 Å². The average molecular weight is 229 g/mol. The molecule has 0 fully saturated rings. The van der Waals surface area contributed by atoms with Gasteiger partial charge in [-0.3, -0.25) is 0 Å². The van der Waals surface area contributed by atoms with Crippen LogP contribution in [-0.2, 0) is 12.8 Å². The van der Waals surface area contributed by atoms with Crippen LogP contribution in [0.25, 0.3) is 11.0 Å². The van der Waals surface area contributed by atoms with Crippen LogP contribution in [0.4, 0.5) is 5.82 Å². The zero-order valence-electron chi connectivity index (χ0n) is 9.85. The first-order valence-corrected chi connectivity index (χ1v) is 5.81. The molecule has 2 N–H and O–H groups in total. The molecule has 2 aromatic rings. The molecule has 1 aliphatic rings. The Kier molecular flexibility index (Phi) is 2.40. The molecule has 0 aliphatic carbocycles. The second-order valence-corrected chi connectivity index (χ2v) is 4.53. The first-order chi connectivity index (χ1) is 8.24. The predicted molar refractivity (Wildman–Crippen MR) is 66.7 cm³/mol. The molecular weight excluding hydrogens is 214 g/mol. The van der Waals surface area contributed by atoms with Gasteiger partial charge >= 0.3 is 0 Å². The zero-order chi connectivity index (χ0) is 11.8. The molecule has 5 heteroatoms. The second kappa shape index (κ2) is 3.92. The highest BCUT2D eigenvalue weighted by atomic mass is 15.1. The zero-order valence-corrected chi connectivity index (χ0v) is 9.85. The number of nitrogen functional groups attached to an aromatic ring is 1. The predicted octanol–water partition coefficient (Wildman–Crippen LogP) is 0.637. The molecule has 5 nitrogen and oxygen atoms in total. The van der Waals surface area contributed by atoms with Crippen LogP contribution in [0.15, 0.2) is 12.4 Å². The highest BCUT2D eigenvalue weighted by Crippen LogP contribution is 2.21. The topological polar surface area (TPSA) is 67.9 Å². The van der Waals surface area contributed by atoms with Crippen molar-refractivity contribution in [2.45, 2.75) is 12.8 Å². The van der Waals surface area contributed by atoms with E-state index in [1.807, 2.05) is 0 Å². The smallest absolute Gasteiger partial charge is 0.164 e. The number of hydrogen-bond acceptors (Lipinski definition) is 5. The van der Waals surface area contributed by atoms with E-state index in [0.717, 1.165) is 37.0 Å². The normalized spacial score (nSPS) is 16.8. The van der Waals surface area contributed by atoms with Crippen molar-refractivity contribution in [3.63, 3.8) is 0 Å². The van der Waals surface area contributed by atoms with Crippen LogP contribution in [0.3, 0.4) is 0 Å². The molecule has 0 spiro atoms. The van der Waals surface area contributed by atoms with Gasteiger partial charge in [-0.25, -0.2) is 15.0 Å². The van der Waals surface area contributed by atoms with Crippen molar-refractivity contribution in [2.24, 2.45) is 0 Å². The summed E-state index contributed by atoms with van der Waals surface area (Å²) in [5, 5.41) is 0.871. The Morgan fingerprint density at radius 3 is 2.94 bits per heavy atom. The van der Waals surface area contributed by atoms with Gasteiger partial charge in [0.2, 0.25) is 0 Å². The number of rotatable bonds is 0. The van der Waals surface area contributed by atoms with Crippen molar-refractivity contribution < 1.29 is 0 Å². The van der Waals surface area contributed by atoms with Gasteiger partial charge in [0.25, 0.3) is 0 Å². The number of nitrogens with zero attached hydrogens (tertiary/aromatic N) is 4. The fourth-order valence-corrected chi connectivity index (χ4v) is 2.24. The Bertz CT molecular complexity index is 566. The summed E-state index contributed by atoms with van der Waals surface area (Å²) in [4.78, 5) is 15.1. The van der Waals surface area contributed by atoms with Crippen LogP contribution in [0, 0.1) is 0 Å². The Balaban J connectivity index is 2.17. The Morgan fingerprint density at radius 1 is 1.24 bits per heavy atom. The lowest BCUT2D eigenvalue weighted by Crippen LogP contribution is -2.20. The maximum absolute atomic E-state index is 5.85. The minimum absolute atomic E-state index is 0.517. The summed E-state index contributed by atoms with van der Waals surface area (Å²) >= 11 is 0. The third-order valence-corrected chi connectivity index (χ3v) is 3.32. The summed E-state index contributed by atoms with van der Waals surface area (Å²) in [6.45, 7) is 2.11. The number of hydrogen-bond donors (Lipinski definition) is 1. The van der Waals surface area contributed by atoms with E-state index in [2.05, 4.69) is 33.0 Å². The monoisotopic (exact) mass is 229 g/mol. The SMILES string of the molecule is CN1CCc2cc3c(N)ncnc3nc2CC1. The number of anilines is 1. The van der Waals surface area contributed by atoms with Crippen LogP contribution in [0.5, 0.6) is 0 Å². The van der Waals surface area contributed by atoms with Crippen molar-refractivity contribution in [1.29, 1.82) is 0 Å². The first kappa shape index (κ1) is 10.4. The molecule has 88 valence electrons. The summed E-state index contributed by atoms with van der Waals surface area (Å²) in [7, 11) is 2.14. The largest absolute Gasteiger partial charge is 0.383 e. The van der Waals surface area contributed by atoms with Gasteiger partial charge < -0.3 is 10.6 Å². The van der Waals surface area contributed by atoms with Gasteiger partial charge in [0.05, 0.1) is 5.39 Å². The number of fused-ring (bicyclic) bond motifs is 2. The summed E-state index contributed by atoms with van der Waals surface area (Å²) < 4.78 is 0. The molecule has 0 radical (unpaired) electrons. The molecule has 2 aromatic heterocycles. The molecule has 1 aliphatic heterocycles. The minimum atomic E-state index is 0.517. The molecule has 0 aromatic carbocycles. The number of nitrogens with two attached hydrogens (primary N) is 1. The van der Waals surface area contributed by atoms with Crippen molar-refractivity contribution in [3.05, 3.63) is 23.7 Å². The molecule has 0 unspecified atom stereocenters. The molecule has 3 rings (SSSR count).